The van der Waals surface area contributed by atoms with Crippen LogP contribution in [0, 0.1) is 0 Å². The summed E-state index contributed by atoms with van der Waals surface area (Å²) < 4.78 is 127. The molecule has 18 heteroatoms. The number of rotatable bonds is 9. The SMILES string of the molecule is O=C(O)[C@@](F)(N(F)F)C(F)(F)SSC(F)(F)[C@@](F)(C(=O)O)N(F)F. The predicted molar refractivity (Wildman–Crippen MR) is 56.1 cm³/mol. The molecule has 6 nitrogen and oxygen atoms in total. The molecular formula is C6H2F10N2O4S2. The Kier molecular flexibility index (Phi) is 6.67. The van der Waals surface area contributed by atoms with E-state index >= 15 is 0 Å². The van der Waals surface area contributed by atoms with E-state index in [0.717, 1.165) is 0 Å². The number of aliphatic carboxylic acids is 2. The zero-order chi connectivity index (χ0) is 19.7. The Labute approximate surface area is 131 Å². The molecule has 2 N–H and O–H groups in total. The van der Waals surface area contributed by atoms with Gasteiger partial charge in [-0.05, 0) is 21.6 Å². The minimum atomic E-state index is -5.96. The largest absolute Gasteiger partial charge is 0.477 e. The van der Waals surface area contributed by atoms with Gasteiger partial charge in [0.05, 0.1) is 10.7 Å². The summed E-state index contributed by atoms with van der Waals surface area (Å²) in [5.41, 5.74) is 0. The first-order valence-electron chi connectivity index (χ1n) is 4.69. The molecule has 0 saturated carbocycles. The normalized spacial score (nSPS) is 18.3. The molecule has 0 rings (SSSR count). The van der Waals surface area contributed by atoms with E-state index in [2.05, 4.69) is 0 Å². The van der Waals surface area contributed by atoms with E-state index in [1.807, 2.05) is 0 Å². The molecule has 0 aliphatic carbocycles. The minimum absolute atomic E-state index is 2.10. The number of alkyl halides is 6. The number of hydrogen-bond donors (Lipinski definition) is 2. The molecule has 24 heavy (non-hydrogen) atoms. The monoisotopic (exact) mass is 420 g/mol. The van der Waals surface area contributed by atoms with E-state index in [1.54, 1.807) is 0 Å². The van der Waals surface area contributed by atoms with Crippen LogP contribution in [0.25, 0.3) is 0 Å². The van der Waals surface area contributed by atoms with Crippen molar-refractivity contribution < 1.29 is 64.1 Å². The van der Waals surface area contributed by atoms with Crippen molar-refractivity contribution in [2.45, 2.75) is 22.1 Å². The lowest BCUT2D eigenvalue weighted by molar-refractivity contribution is -0.316. The summed E-state index contributed by atoms with van der Waals surface area (Å²) in [6.45, 7) is 0. The van der Waals surface area contributed by atoms with Crippen LogP contribution in [-0.2, 0) is 9.59 Å². The van der Waals surface area contributed by atoms with Crippen molar-refractivity contribution >= 4 is 33.5 Å². The van der Waals surface area contributed by atoms with Crippen LogP contribution >= 0.6 is 21.6 Å². The average Bonchev–Trinajstić information content (AvgIpc) is 2.41. The zero-order valence-electron chi connectivity index (χ0n) is 10.2. The second kappa shape index (κ2) is 7.00. The molecular weight excluding hydrogens is 418 g/mol. The van der Waals surface area contributed by atoms with Crippen molar-refractivity contribution in [1.29, 1.82) is 0 Å². The van der Waals surface area contributed by atoms with Gasteiger partial charge in [-0.3, -0.25) is 0 Å². The van der Waals surface area contributed by atoms with Gasteiger partial charge in [-0.25, -0.2) is 9.59 Å². The van der Waals surface area contributed by atoms with Gasteiger partial charge in [0.25, 0.3) is 0 Å². The zero-order valence-corrected chi connectivity index (χ0v) is 11.8. The van der Waals surface area contributed by atoms with Crippen molar-refractivity contribution in [2.75, 3.05) is 0 Å². The Bertz CT molecular complexity index is 466. The Balaban J connectivity index is 5.64. The summed E-state index contributed by atoms with van der Waals surface area (Å²) in [6.07, 6.45) is 0. The highest BCUT2D eigenvalue weighted by molar-refractivity contribution is 8.77. The molecule has 0 unspecified atom stereocenters. The Morgan fingerprint density at radius 2 is 0.875 bits per heavy atom. The van der Waals surface area contributed by atoms with Gasteiger partial charge in [-0.1, -0.05) is 17.9 Å². The van der Waals surface area contributed by atoms with E-state index in [4.69, 9.17) is 10.2 Å². The average molecular weight is 420 g/mol. The van der Waals surface area contributed by atoms with Crippen molar-refractivity contribution in [3.8, 4) is 0 Å². The molecule has 0 spiro atoms. The van der Waals surface area contributed by atoms with Crippen LogP contribution < -0.4 is 0 Å². The van der Waals surface area contributed by atoms with Gasteiger partial charge in [-0.15, -0.1) is 0 Å². The minimum Gasteiger partial charge on any atom is -0.477 e. The molecule has 0 amide bonds. The third kappa shape index (κ3) is 3.59. The number of carbonyl (C=O) groups is 2. The molecule has 0 aromatic rings. The highest BCUT2D eigenvalue weighted by atomic mass is 33.1. The van der Waals surface area contributed by atoms with Crippen LogP contribution in [0.3, 0.4) is 0 Å². The van der Waals surface area contributed by atoms with Gasteiger partial charge in [0, 0.05) is 0 Å². The van der Waals surface area contributed by atoms with Crippen LogP contribution in [0.4, 0.5) is 44.3 Å². The Hall–Kier alpha value is -1.14. The maximum atomic E-state index is 13.2. The first-order chi connectivity index (χ1) is 10.5. The first-order valence-corrected chi connectivity index (χ1v) is 6.84. The topological polar surface area (TPSA) is 81.1 Å². The van der Waals surface area contributed by atoms with Gasteiger partial charge < -0.3 is 10.2 Å². The number of nitrogens with zero attached hydrogens (tertiary/aromatic N) is 2. The van der Waals surface area contributed by atoms with Crippen molar-refractivity contribution in [3.63, 3.8) is 0 Å². The van der Waals surface area contributed by atoms with Gasteiger partial charge in [0.15, 0.2) is 0 Å². The standard InChI is InChI=1S/C6H2F10N2O4S2/c7-3(1(19)20,17(13)14)5(9,10)23-24-6(11,12)4(8,2(21)22)18(15)16/h(H,19,20)(H,21,22)/t3-,4-/m1/s1. The number of halogens is 10. The molecule has 0 saturated heterocycles. The van der Waals surface area contributed by atoms with E-state index in [-0.39, 0.29) is 0 Å². The fraction of sp³-hybridized carbons (Fsp3) is 0.667. The predicted octanol–water partition coefficient (Wildman–Crippen LogP) is 3.20. The van der Waals surface area contributed by atoms with Gasteiger partial charge in [-0.2, -0.15) is 26.3 Å². The van der Waals surface area contributed by atoms with Crippen molar-refractivity contribution in [2.24, 2.45) is 0 Å². The lowest BCUT2D eigenvalue weighted by Crippen LogP contribution is -2.57. The Morgan fingerprint density at radius 1 is 0.667 bits per heavy atom. The van der Waals surface area contributed by atoms with Crippen molar-refractivity contribution in [1.82, 2.24) is 10.7 Å². The van der Waals surface area contributed by atoms with E-state index in [1.165, 1.54) is 0 Å². The summed E-state index contributed by atoms with van der Waals surface area (Å²) in [6, 6.07) is 0. The molecule has 0 aliphatic heterocycles. The maximum absolute atomic E-state index is 13.2. The van der Waals surface area contributed by atoms with E-state index < -0.39 is 66.3 Å². The van der Waals surface area contributed by atoms with Crippen LogP contribution in [0.5, 0.6) is 0 Å². The number of hydrogen-bond acceptors (Lipinski definition) is 6. The molecule has 2 atom stereocenters. The summed E-state index contributed by atoms with van der Waals surface area (Å²) in [5.74, 6) is -18.9. The van der Waals surface area contributed by atoms with Crippen molar-refractivity contribution in [3.05, 3.63) is 0 Å². The smallest absolute Gasteiger partial charge is 0.389 e. The highest BCUT2D eigenvalue weighted by Gasteiger charge is 2.73. The van der Waals surface area contributed by atoms with Crippen LogP contribution in [0.2, 0.25) is 0 Å². The number of carboxylic acid groups (broad SMARTS) is 2. The third-order valence-corrected chi connectivity index (χ3v) is 4.60. The maximum Gasteiger partial charge on any atom is 0.389 e. The third-order valence-electron chi connectivity index (χ3n) is 2.06. The molecule has 0 bridgehead atoms. The molecule has 0 fully saturated rings. The highest BCUT2D eigenvalue weighted by Crippen LogP contribution is 2.57. The van der Waals surface area contributed by atoms with E-state index in [9.17, 15) is 53.9 Å². The van der Waals surface area contributed by atoms with Crippen LogP contribution in [0.15, 0.2) is 0 Å². The lowest BCUT2D eigenvalue weighted by atomic mass is 10.3. The molecule has 142 valence electrons. The summed E-state index contributed by atoms with van der Waals surface area (Å²) in [4.78, 5) is 20.3. The second-order valence-corrected chi connectivity index (χ2v) is 5.88. The summed E-state index contributed by atoms with van der Waals surface area (Å²) >= 11 is 0. The van der Waals surface area contributed by atoms with Crippen LogP contribution in [0.1, 0.15) is 0 Å². The van der Waals surface area contributed by atoms with E-state index in [0.29, 0.717) is 0 Å². The molecule has 0 aliphatic rings. The summed E-state index contributed by atoms with van der Waals surface area (Å²) in [7, 11) is -4.19. The molecule has 0 aromatic heterocycles. The van der Waals surface area contributed by atoms with Gasteiger partial charge in [0.1, 0.15) is 0 Å². The Morgan fingerprint density at radius 3 is 1.00 bits per heavy atom. The first kappa shape index (κ1) is 22.9. The van der Waals surface area contributed by atoms with Crippen LogP contribution in [-0.4, -0.2) is 54.9 Å². The second-order valence-electron chi connectivity index (χ2n) is 3.52. The molecule has 0 heterocycles. The summed E-state index contributed by atoms with van der Waals surface area (Å²) in [5, 5.41) is -2.31. The fourth-order valence-corrected chi connectivity index (χ4v) is 2.84. The van der Waals surface area contributed by atoms with Gasteiger partial charge >= 0.3 is 34.0 Å². The van der Waals surface area contributed by atoms with Gasteiger partial charge in [0.2, 0.25) is 0 Å². The molecule has 0 radical (unpaired) electrons. The number of carboxylic acids is 2. The fourth-order valence-electron chi connectivity index (χ4n) is 0.805. The lowest BCUT2D eigenvalue weighted by Gasteiger charge is -2.31. The quantitative estimate of drug-likeness (QED) is 0.255. The molecule has 0 aromatic carbocycles.